The summed E-state index contributed by atoms with van der Waals surface area (Å²) >= 11 is 0. The van der Waals surface area contributed by atoms with Gasteiger partial charge < -0.3 is 5.11 Å². The van der Waals surface area contributed by atoms with E-state index in [2.05, 4.69) is 9.97 Å². The summed E-state index contributed by atoms with van der Waals surface area (Å²) in [5, 5.41) is 9.57. The Balaban J connectivity index is 2.29. The van der Waals surface area contributed by atoms with Crippen LogP contribution < -0.4 is 0 Å². The SMILES string of the molecule is O[C@@H]1C[C@H](C(F)F)Cc2ncncc21. The van der Waals surface area contributed by atoms with Gasteiger partial charge >= 0.3 is 0 Å². The third-order valence-corrected chi connectivity index (χ3v) is 2.52. The fourth-order valence-corrected chi connectivity index (χ4v) is 1.75. The largest absolute Gasteiger partial charge is 0.388 e. The van der Waals surface area contributed by atoms with Crippen LogP contribution in [0.1, 0.15) is 23.8 Å². The second kappa shape index (κ2) is 3.57. The summed E-state index contributed by atoms with van der Waals surface area (Å²) in [5.74, 6) is -0.785. The summed E-state index contributed by atoms with van der Waals surface area (Å²) < 4.78 is 24.9. The number of halogens is 2. The van der Waals surface area contributed by atoms with E-state index in [0.717, 1.165) is 0 Å². The van der Waals surface area contributed by atoms with Crippen molar-refractivity contribution < 1.29 is 13.9 Å². The van der Waals surface area contributed by atoms with Crippen LogP contribution in [0.4, 0.5) is 8.78 Å². The molecule has 2 atom stereocenters. The smallest absolute Gasteiger partial charge is 0.241 e. The van der Waals surface area contributed by atoms with Gasteiger partial charge in [0.15, 0.2) is 0 Å². The number of alkyl halides is 2. The lowest BCUT2D eigenvalue weighted by Crippen LogP contribution is -2.25. The highest BCUT2D eigenvalue weighted by molar-refractivity contribution is 5.22. The van der Waals surface area contributed by atoms with Crippen LogP contribution in [0.3, 0.4) is 0 Å². The molecule has 1 N–H and O–H groups in total. The molecule has 0 saturated carbocycles. The van der Waals surface area contributed by atoms with Crippen LogP contribution in [-0.2, 0) is 6.42 Å². The predicted molar refractivity (Wildman–Crippen MR) is 44.8 cm³/mol. The molecule has 2 rings (SSSR count). The average molecular weight is 200 g/mol. The zero-order valence-electron chi connectivity index (χ0n) is 7.40. The summed E-state index contributed by atoms with van der Waals surface area (Å²) in [7, 11) is 0. The topological polar surface area (TPSA) is 46.0 Å². The molecule has 76 valence electrons. The molecule has 0 unspecified atom stereocenters. The second-order valence-electron chi connectivity index (χ2n) is 3.47. The van der Waals surface area contributed by atoms with Crippen molar-refractivity contribution in [3.05, 3.63) is 23.8 Å². The van der Waals surface area contributed by atoms with Crippen molar-refractivity contribution in [3.8, 4) is 0 Å². The zero-order valence-corrected chi connectivity index (χ0v) is 7.40. The van der Waals surface area contributed by atoms with Gasteiger partial charge in [-0.2, -0.15) is 0 Å². The van der Waals surface area contributed by atoms with Gasteiger partial charge in [-0.1, -0.05) is 0 Å². The van der Waals surface area contributed by atoms with Gasteiger partial charge in [0.25, 0.3) is 0 Å². The Hall–Kier alpha value is -1.10. The van der Waals surface area contributed by atoms with Crippen molar-refractivity contribution in [2.45, 2.75) is 25.4 Å². The Morgan fingerprint density at radius 2 is 2.29 bits per heavy atom. The first kappa shape index (κ1) is 9.45. The highest BCUT2D eigenvalue weighted by Gasteiger charge is 2.31. The first-order chi connectivity index (χ1) is 6.68. The molecule has 0 bridgehead atoms. The van der Waals surface area contributed by atoms with E-state index in [-0.39, 0.29) is 12.8 Å². The van der Waals surface area contributed by atoms with Crippen LogP contribution in [0.25, 0.3) is 0 Å². The van der Waals surface area contributed by atoms with Crippen molar-refractivity contribution in [1.82, 2.24) is 9.97 Å². The monoisotopic (exact) mass is 200 g/mol. The Kier molecular flexibility index (Phi) is 2.41. The van der Waals surface area contributed by atoms with Gasteiger partial charge in [0.1, 0.15) is 6.33 Å². The highest BCUT2D eigenvalue weighted by Crippen LogP contribution is 2.34. The van der Waals surface area contributed by atoms with E-state index in [1.807, 2.05) is 0 Å². The van der Waals surface area contributed by atoms with Crippen LogP contribution >= 0.6 is 0 Å². The minimum absolute atomic E-state index is 0.0953. The van der Waals surface area contributed by atoms with Gasteiger partial charge in [0.2, 0.25) is 6.43 Å². The summed E-state index contributed by atoms with van der Waals surface area (Å²) in [6.07, 6.45) is -0.106. The molecular weight excluding hydrogens is 190 g/mol. The molecule has 0 saturated heterocycles. The number of nitrogens with zero attached hydrogens (tertiary/aromatic N) is 2. The number of aromatic nitrogens is 2. The first-order valence-corrected chi connectivity index (χ1v) is 4.43. The minimum Gasteiger partial charge on any atom is -0.388 e. The molecule has 1 aliphatic rings. The fraction of sp³-hybridized carbons (Fsp3) is 0.556. The highest BCUT2D eigenvalue weighted by atomic mass is 19.3. The molecule has 5 heteroatoms. The molecule has 3 nitrogen and oxygen atoms in total. The Morgan fingerprint density at radius 1 is 1.50 bits per heavy atom. The number of aliphatic hydroxyl groups is 1. The van der Waals surface area contributed by atoms with Gasteiger partial charge in [0.05, 0.1) is 11.8 Å². The number of rotatable bonds is 1. The number of hydrogen-bond donors (Lipinski definition) is 1. The molecule has 0 spiro atoms. The van der Waals surface area contributed by atoms with E-state index in [0.29, 0.717) is 11.3 Å². The standard InChI is InChI=1S/C9H10F2N2O/c10-9(11)5-1-7-6(8(14)2-5)3-12-4-13-7/h3-5,8-9,14H,1-2H2/t5-,8-/m1/s1. The molecule has 0 radical (unpaired) electrons. The average Bonchev–Trinajstić information content (AvgIpc) is 2.17. The predicted octanol–water partition coefficient (Wildman–Crippen LogP) is 1.34. The fourth-order valence-electron chi connectivity index (χ4n) is 1.75. The zero-order chi connectivity index (χ0) is 10.1. The maximum atomic E-state index is 12.4. The minimum atomic E-state index is -2.40. The van der Waals surface area contributed by atoms with Crippen molar-refractivity contribution >= 4 is 0 Å². The van der Waals surface area contributed by atoms with E-state index < -0.39 is 18.4 Å². The lowest BCUT2D eigenvalue weighted by molar-refractivity contribution is 0.0291. The maximum Gasteiger partial charge on any atom is 0.241 e. The van der Waals surface area contributed by atoms with E-state index in [9.17, 15) is 13.9 Å². The van der Waals surface area contributed by atoms with E-state index in [4.69, 9.17) is 0 Å². The summed E-state index contributed by atoms with van der Waals surface area (Å²) in [5.41, 5.74) is 1.13. The van der Waals surface area contributed by atoms with Crippen LogP contribution in [-0.4, -0.2) is 21.5 Å². The van der Waals surface area contributed by atoms with Crippen LogP contribution in [0, 0.1) is 5.92 Å². The number of fused-ring (bicyclic) bond motifs is 1. The lowest BCUT2D eigenvalue weighted by atomic mass is 9.86. The third kappa shape index (κ3) is 1.59. The van der Waals surface area contributed by atoms with Crippen molar-refractivity contribution in [3.63, 3.8) is 0 Å². The van der Waals surface area contributed by atoms with Crippen LogP contribution in [0.2, 0.25) is 0 Å². The molecule has 1 aromatic rings. The lowest BCUT2D eigenvalue weighted by Gasteiger charge is -2.26. The number of aliphatic hydroxyl groups excluding tert-OH is 1. The van der Waals surface area contributed by atoms with Crippen molar-refractivity contribution in [2.75, 3.05) is 0 Å². The van der Waals surface area contributed by atoms with Gasteiger partial charge in [-0.3, -0.25) is 0 Å². The second-order valence-corrected chi connectivity index (χ2v) is 3.47. The summed E-state index contributed by atoms with van der Waals surface area (Å²) in [6.45, 7) is 0. The van der Waals surface area contributed by atoms with Crippen molar-refractivity contribution in [2.24, 2.45) is 5.92 Å². The van der Waals surface area contributed by atoms with Gasteiger partial charge in [0, 0.05) is 17.7 Å². The van der Waals surface area contributed by atoms with Crippen LogP contribution in [0.15, 0.2) is 12.5 Å². The van der Waals surface area contributed by atoms with E-state index >= 15 is 0 Å². The summed E-state index contributed by atoms with van der Waals surface area (Å²) in [6, 6.07) is 0. The molecule has 0 aromatic carbocycles. The molecule has 14 heavy (non-hydrogen) atoms. The molecule has 1 heterocycles. The molecule has 1 aromatic heterocycles. The molecular formula is C9H10F2N2O. The third-order valence-electron chi connectivity index (χ3n) is 2.52. The van der Waals surface area contributed by atoms with Crippen molar-refractivity contribution in [1.29, 1.82) is 0 Å². The first-order valence-electron chi connectivity index (χ1n) is 4.43. The van der Waals surface area contributed by atoms with Gasteiger partial charge in [-0.25, -0.2) is 18.7 Å². The quantitative estimate of drug-likeness (QED) is 0.744. The molecule has 0 aliphatic heterocycles. The Bertz CT molecular complexity index is 332. The Labute approximate surface area is 79.8 Å². The van der Waals surface area contributed by atoms with E-state index in [1.165, 1.54) is 12.5 Å². The molecule has 1 aliphatic carbocycles. The van der Waals surface area contributed by atoms with Gasteiger partial charge in [-0.15, -0.1) is 0 Å². The maximum absolute atomic E-state index is 12.4. The Morgan fingerprint density at radius 3 is 3.00 bits per heavy atom. The summed E-state index contributed by atoms with van der Waals surface area (Å²) in [4.78, 5) is 7.66. The molecule has 0 amide bonds. The van der Waals surface area contributed by atoms with E-state index in [1.54, 1.807) is 0 Å². The molecule has 0 fully saturated rings. The van der Waals surface area contributed by atoms with Crippen LogP contribution in [0.5, 0.6) is 0 Å². The normalized spacial score (nSPS) is 26.3. The number of hydrogen-bond acceptors (Lipinski definition) is 3. The van der Waals surface area contributed by atoms with Gasteiger partial charge in [-0.05, 0) is 12.8 Å².